The van der Waals surface area contributed by atoms with E-state index in [4.69, 9.17) is 14.5 Å². The van der Waals surface area contributed by atoms with Gasteiger partial charge in [0.15, 0.2) is 28.5 Å². The number of benzene rings is 1. The molecule has 4 rings (SSSR count). The van der Waals surface area contributed by atoms with E-state index in [9.17, 15) is 0 Å². The fraction of sp³-hybridized carbons (Fsp3) is 0.421. The van der Waals surface area contributed by atoms with Crippen LogP contribution < -0.4 is 20.1 Å². The average molecular weight is 368 g/mol. The van der Waals surface area contributed by atoms with E-state index in [2.05, 4.69) is 45.9 Å². The predicted molar refractivity (Wildman–Crippen MR) is 104 cm³/mol. The van der Waals surface area contributed by atoms with E-state index in [1.807, 2.05) is 24.5 Å². The molecule has 0 bridgehead atoms. The summed E-state index contributed by atoms with van der Waals surface area (Å²) in [6.07, 6.45) is 2.83. The third-order valence-corrected chi connectivity index (χ3v) is 4.41. The topological polar surface area (TPSA) is 86.1 Å². The van der Waals surface area contributed by atoms with Crippen molar-refractivity contribution in [3.8, 4) is 11.5 Å². The second kappa shape index (κ2) is 7.30. The molecule has 0 saturated heterocycles. The van der Waals surface area contributed by atoms with Crippen molar-refractivity contribution >= 4 is 22.9 Å². The van der Waals surface area contributed by atoms with Crippen LogP contribution >= 0.6 is 0 Å². The normalized spacial score (nSPS) is 12.7. The fourth-order valence-corrected chi connectivity index (χ4v) is 2.97. The molecule has 142 valence electrons. The van der Waals surface area contributed by atoms with Gasteiger partial charge >= 0.3 is 0 Å². The molecule has 8 nitrogen and oxygen atoms in total. The van der Waals surface area contributed by atoms with E-state index in [-0.39, 0.29) is 12.8 Å². The van der Waals surface area contributed by atoms with Gasteiger partial charge in [0.1, 0.15) is 0 Å². The number of hydrogen-bond acceptors (Lipinski definition) is 7. The Labute approximate surface area is 157 Å². The van der Waals surface area contributed by atoms with Crippen LogP contribution in [0.15, 0.2) is 24.5 Å². The van der Waals surface area contributed by atoms with Crippen LogP contribution in [0, 0.1) is 0 Å². The molecule has 0 spiro atoms. The zero-order valence-electron chi connectivity index (χ0n) is 15.8. The molecule has 0 unspecified atom stereocenters. The summed E-state index contributed by atoms with van der Waals surface area (Å²) in [7, 11) is 0. The van der Waals surface area contributed by atoms with Gasteiger partial charge in [-0.15, -0.1) is 0 Å². The summed E-state index contributed by atoms with van der Waals surface area (Å²) in [6, 6.07) is 6.17. The zero-order chi connectivity index (χ0) is 18.8. The summed E-state index contributed by atoms with van der Waals surface area (Å²) >= 11 is 0. The predicted octanol–water partition coefficient (Wildman–Crippen LogP) is 3.57. The minimum absolute atomic E-state index is 0.269. The van der Waals surface area contributed by atoms with Gasteiger partial charge in [0.2, 0.25) is 12.7 Å². The minimum Gasteiger partial charge on any atom is -0.454 e. The van der Waals surface area contributed by atoms with Crippen molar-refractivity contribution in [3.05, 3.63) is 30.1 Å². The highest BCUT2D eigenvalue weighted by Gasteiger charge is 2.16. The number of fused-ring (bicyclic) bond motifs is 2. The molecule has 0 fully saturated rings. The highest BCUT2D eigenvalue weighted by molar-refractivity contribution is 5.84. The summed E-state index contributed by atoms with van der Waals surface area (Å²) in [5, 5.41) is 6.68. The molecule has 3 aromatic rings. The van der Waals surface area contributed by atoms with Crippen LogP contribution in [0.4, 0.5) is 11.8 Å². The van der Waals surface area contributed by atoms with Gasteiger partial charge in [-0.1, -0.05) is 13.0 Å². The first kappa shape index (κ1) is 17.4. The first-order chi connectivity index (χ1) is 13.2. The molecular formula is C19H24N6O2. The number of hydrogen-bond donors (Lipinski definition) is 2. The van der Waals surface area contributed by atoms with Gasteiger partial charge in [-0.25, -0.2) is 4.98 Å². The maximum Gasteiger partial charge on any atom is 0.231 e. The summed E-state index contributed by atoms with van der Waals surface area (Å²) in [5.41, 5.74) is 2.70. The lowest BCUT2D eigenvalue weighted by Crippen LogP contribution is -2.10. The van der Waals surface area contributed by atoms with E-state index in [0.29, 0.717) is 12.5 Å². The van der Waals surface area contributed by atoms with Gasteiger partial charge in [0.25, 0.3) is 0 Å². The molecule has 0 amide bonds. The summed E-state index contributed by atoms with van der Waals surface area (Å²) in [4.78, 5) is 13.8. The standard InChI is InChI=1S/C19H24N6O2/c1-4-7-20-17-16-18(25(10-22-16)12(2)3)24-19(23-17)21-9-13-5-6-14-15(8-13)27-11-26-14/h5-6,8,10,12H,4,7,9,11H2,1-3H3,(H2,20,21,23,24). The van der Waals surface area contributed by atoms with Crippen LogP contribution in [0.5, 0.6) is 11.5 Å². The SMILES string of the molecule is CCCNc1nc(NCc2ccc3c(c2)OCO3)nc2c1ncn2C(C)C. The van der Waals surface area contributed by atoms with Crippen LogP contribution in [-0.2, 0) is 6.54 Å². The van der Waals surface area contributed by atoms with E-state index < -0.39 is 0 Å². The van der Waals surface area contributed by atoms with Crippen LogP contribution in [-0.4, -0.2) is 32.9 Å². The molecule has 0 radical (unpaired) electrons. The molecule has 0 saturated carbocycles. The summed E-state index contributed by atoms with van der Waals surface area (Å²) < 4.78 is 12.9. The van der Waals surface area contributed by atoms with Crippen molar-refractivity contribution in [3.63, 3.8) is 0 Å². The van der Waals surface area contributed by atoms with Crippen molar-refractivity contribution in [1.82, 2.24) is 19.5 Å². The number of nitrogens with one attached hydrogen (secondary N) is 2. The monoisotopic (exact) mass is 368 g/mol. The first-order valence-electron chi connectivity index (χ1n) is 9.26. The number of anilines is 2. The van der Waals surface area contributed by atoms with E-state index >= 15 is 0 Å². The molecular weight excluding hydrogens is 344 g/mol. The Morgan fingerprint density at radius 1 is 1.15 bits per heavy atom. The van der Waals surface area contributed by atoms with Crippen molar-refractivity contribution in [2.24, 2.45) is 0 Å². The number of imidazole rings is 1. The third kappa shape index (κ3) is 3.47. The maximum absolute atomic E-state index is 5.44. The second-order valence-corrected chi connectivity index (χ2v) is 6.78. The van der Waals surface area contributed by atoms with Crippen LogP contribution in [0.2, 0.25) is 0 Å². The number of aromatic nitrogens is 4. The summed E-state index contributed by atoms with van der Waals surface area (Å²) in [6.45, 7) is 8.05. The minimum atomic E-state index is 0.269. The molecule has 2 aromatic heterocycles. The lowest BCUT2D eigenvalue weighted by molar-refractivity contribution is 0.174. The third-order valence-electron chi connectivity index (χ3n) is 4.41. The zero-order valence-corrected chi connectivity index (χ0v) is 15.8. The molecule has 1 aliphatic rings. The van der Waals surface area contributed by atoms with E-state index in [1.54, 1.807) is 0 Å². The molecule has 0 atom stereocenters. The largest absolute Gasteiger partial charge is 0.454 e. The Morgan fingerprint density at radius 2 is 2.00 bits per heavy atom. The molecule has 2 N–H and O–H groups in total. The van der Waals surface area contributed by atoms with Crippen molar-refractivity contribution in [2.45, 2.75) is 39.8 Å². The highest BCUT2D eigenvalue weighted by atomic mass is 16.7. The lowest BCUT2D eigenvalue weighted by Gasteiger charge is -2.12. The van der Waals surface area contributed by atoms with Gasteiger partial charge in [-0.05, 0) is 38.0 Å². The van der Waals surface area contributed by atoms with Gasteiger partial charge in [0.05, 0.1) is 6.33 Å². The Morgan fingerprint density at radius 3 is 2.81 bits per heavy atom. The highest BCUT2D eigenvalue weighted by Crippen LogP contribution is 2.32. The second-order valence-electron chi connectivity index (χ2n) is 6.78. The molecule has 3 heterocycles. The van der Waals surface area contributed by atoms with Crippen molar-refractivity contribution in [2.75, 3.05) is 24.0 Å². The van der Waals surface area contributed by atoms with Crippen LogP contribution in [0.1, 0.15) is 38.8 Å². The molecule has 1 aromatic carbocycles. The number of ether oxygens (including phenoxy) is 2. The maximum atomic E-state index is 5.44. The quantitative estimate of drug-likeness (QED) is 0.659. The Bertz CT molecular complexity index is 953. The van der Waals surface area contributed by atoms with Crippen LogP contribution in [0.3, 0.4) is 0 Å². The number of rotatable bonds is 7. The van der Waals surface area contributed by atoms with Crippen molar-refractivity contribution < 1.29 is 9.47 Å². The van der Waals surface area contributed by atoms with Crippen molar-refractivity contribution in [1.29, 1.82) is 0 Å². The lowest BCUT2D eigenvalue weighted by atomic mass is 10.2. The Hall–Kier alpha value is -3.03. The van der Waals surface area contributed by atoms with Gasteiger partial charge in [0, 0.05) is 19.1 Å². The fourth-order valence-electron chi connectivity index (χ4n) is 2.97. The Balaban J connectivity index is 1.61. The molecule has 1 aliphatic heterocycles. The van der Waals surface area contributed by atoms with Gasteiger partial charge < -0.3 is 24.7 Å². The molecule has 27 heavy (non-hydrogen) atoms. The van der Waals surface area contributed by atoms with Gasteiger partial charge in [-0.3, -0.25) is 0 Å². The Kier molecular flexibility index (Phi) is 4.70. The number of nitrogens with zero attached hydrogens (tertiary/aromatic N) is 4. The smallest absolute Gasteiger partial charge is 0.231 e. The van der Waals surface area contributed by atoms with Crippen LogP contribution in [0.25, 0.3) is 11.2 Å². The summed E-state index contributed by atoms with van der Waals surface area (Å²) in [5.74, 6) is 2.88. The van der Waals surface area contributed by atoms with Gasteiger partial charge in [-0.2, -0.15) is 9.97 Å². The molecule has 8 heteroatoms. The van der Waals surface area contributed by atoms with E-state index in [0.717, 1.165) is 47.0 Å². The van der Waals surface area contributed by atoms with E-state index in [1.165, 1.54) is 0 Å². The molecule has 0 aliphatic carbocycles. The first-order valence-corrected chi connectivity index (χ1v) is 9.26. The average Bonchev–Trinajstić information content (AvgIpc) is 3.30.